The molecule has 3 heterocycles. The van der Waals surface area contributed by atoms with Gasteiger partial charge < -0.3 is 15.2 Å². The van der Waals surface area contributed by atoms with Gasteiger partial charge in [-0.05, 0) is 42.3 Å². The highest BCUT2D eigenvalue weighted by molar-refractivity contribution is 6.31. The average molecular weight is 324 g/mol. The molecule has 4 heteroatoms. The Balaban J connectivity index is 1.95. The van der Waals surface area contributed by atoms with Gasteiger partial charge in [-0.25, -0.2) is 0 Å². The summed E-state index contributed by atoms with van der Waals surface area (Å²) < 4.78 is 2.46. The summed E-state index contributed by atoms with van der Waals surface area (Å²) in [6.07, 6.45) is 1.06. The van der Waals surface area contributed by atoms with Gasteiger partial charge in [-0.2, -0.15) is 0 Å². The second-order valence-electron chi connectivity index (χ2n) is 6.52. The first-order valence-corrected chi connectivity index (χ1v) is 8.50. The van der Waals surface area contributed by atoms with E-state index in [0.29, 0.717) is 0 Å². The molecule has 0 aliphatic carbocycles. The minimum atomic E-state index is 0.775. The van der Waals surface area contributed by atoms with Gasteiger partial charge in [0, 0.05) is 42.2 Å². The maximum absolute atomic E-state index is 6.23. The van der Waals surface area contributed by atoms with Gasteiger partial charge in [-0.1, -0.05) is 23.2 Å². The fraction of sp³-hybridized carbons (Fsp3) is 0.263. The normalized spacial score (nSPS) is 15.7. The molecule has 0 unspecified atom stereocenters. The van der Waals surface area contributed by atoms with Crippen LogP contribution in [0.25, 0.3) is 16.6 Å². The zero-order chi connectivity index (χ0) is 15.6. The average Bonchev–Trinajstić information content (AvgIpc) is 2.78. The Labute approximate surface area is 140 Å². The van der Waals surface area contributed by atoms with Gasteiger partial charge in [-0.3, -0.25) is 0 Å². The monoisotopic (exact) mass is 323 g/mol. The van der Waals surface area contributed by atoms with Crippen LogP contribution >= 0.6 is 11.6 Å². The van der Waals surface area contributed by atoms with Gasteiger partial charge in [0.15, 0.2) is 0 Å². The zero-order valence-electron chi connectivity index (χ0n) is 13.0. The van der Waals surface area contributed by atoms with Crippen molar-refractivity contribution >= 4 is 28.2 Å². The maximum atomic E-state index is 6.23. The van der Waals surface area contributed by atoms with Crippen LogP contribution in [0.2, 0.25) is 5.02 Å². The lowest BCUT2D eigenvalue weighted by molar-refractivity contribution is 0.631. The number of aromatic nitrogens is 1. The van der Waals surface area contributed by atoms with E-state index in [0.717, 1.165) is 36.8 Å². The van der Waals surface area contributed by atoms with Crippen molar-refractivity contribution in [1.29, 1.82) is 0 Å². The summed E-state index contributed by atoms with van der Waals surface area (Å²) in [5.41, 5.74) is 9.27. The summed E-state index contributed by atoms with van der Waals surface area (Å²) in [7, 11) is 0. The summed E-state index contributed by atoms with van der Waals surface area (Å²) >= 11 is 6.23. The van der Waals surface area contributed by atoms with Gasteiger partial charge in [0.25, 0.3) is 0 Å². The van der Waals surface area contributed by atoms with Gasteiger partial charge in [0.05, 0.1) is 16.9 Å². The molecule has 0 radical (unpaired) electrons. The molecule has 0 spiro atoms. The van der Waals surface area contributed by atoms with E-state index in [9.17, 15) is 0 Å². The molecule has 23 heavy (non-hydrogen) atoms. The van der Waals surface area contributed by atoms with Crippen LogP contribution in [0.5, 0.6) is 0 Å². The Morgan fingerprint density at radius 2 is 2.04 bits per heavy atom. The van der Waals surface area contributed by atoms with E-state index in [1.165, 1.54) is 39.0 Å². The standard InChI is InChI=1S/C19H18ClN3/c1-11-6-12-9-22-16-8-13(20)2-3-18(16)23-17-4-5-21-10-15(17)14(7-11)19(12)23/h2-3,6-8,21-22H,4-5,9-10H2,1H3. The molecule has 0 amide bonds. The predicted molar refractivity (Wildman–Crippen MR) is 95.8 cm³/mol. The number of aryl methyl sites for hydroxylation is 1. The molecule has 0 saturated carbocycles. The number of benzene rings is 2. The number of halogens is 1. The molecule has 3 nitrogen and oxygen atoms in total. The fourth-order valence-electron chi connectivity index (χ4n) is 4.09. The molecular formula is C19H18ClN3. The minimum absolute atomic E-state index is 0.775. The Morgan fingerprint density at radius 3 is 2.96 bits per heavy atom. The van der Waals surface area contributed by atoms with Crippen molar-refractivity contribution in [3.05, 3.63) is 57.7 Å². The van der Waals surface area contributed by atoms with Crippen LogP contribution < -0.4 is 10.6 Å². The highest BCUT2D eigenvalue weighted by atomic mass is 35.5. The lowest BCUT2D eigenvalue weighted by Crippen LogP contribution is -2.24. The molecular weight excluding hydrogens is 306 g/mol. The second kappa shape index (κ2) is 4.76. The summed E-state index contributed by atoms with van der Waals surface area (Å²) in [6, 6.07) is 10.8. The fourth-order valence-corrected chi connectivity index (χ4v) is 4.26. The van der Waals surface area contributed by atoms with Crippen molar-refractivity contribution < 1.29 is 0 Å². The van der Waals surface area contributed by atoms with Crippen LogP contribution in [-0.2, 0) is 19.5 Å². The quantitative estimate of drug-likeness (QED) is 0.650. The molecule has 0 bridgehead atoms. The van der Waals surface area contributed by atoms with Crippen molar-refractivity contribution in [2.24, 2.45) is 0 Å². The minimum Gasteiger partial charge on any atom is -0.379 e. The summed E-state index contributed by atoms with van der Waals surface area (Å²) in [4.78, 5) is 0. The molecule has 3 aromatic rings. The van der Waals surface area contributed by atoms with Gasteiger partial charge in [0.1, 0.15) is 0 Å². The molecule has 2 N–H and O–H groups in total. The molecule has 5 rings (SSSR count). The van der Waals surface area contributed by atoms with E-state index in [-0.39, 0.29) is 0 Å². The van der Waals surface area contributed by atoms with E-state index in [1.807, 2.05) is 12.1 Å². The smallest absolute Gasteiger partial charge is 0.0691 e. The van der Waals surface area contributed by atoms with Crippen molar-refractivity contribution in [1.82, 2.24) is 9.88 Å². The number of rotatable bonds is 0. The first-order chi connectivity index (χ1) is 11.2. The van der Waals surface area contributed by atoms with E-state index in [2.05, 4.69) is 40.3 Å². The Morgan fingerprint density at radius 1 is 1.13 bits per heavy atom. The van der Waals surface area contributed by atoms with Crippen molar-refractivity contribution in [3.8, 4) is 5.69 Å². The highest BCUT2D eigenvalue weighted by Crippen LogP contribution is 2.39. The molecule has 0 atom stereocenters. The van der Waals surface area contributed by atoms with Gasteiger partial charge in [-0.15, -0.1) is 0 Å². The SMILES string of the molecule is Cc1cc2c3c(c1)c1c(n3-c3ccc(Cl)cc3NC2)CCNC1. The predicted octanol–water partition coefficient (Wildman–Crippen LogP) is 4.16. The number of hydrogen-bond donors (Lipinski definition) is 2. The molecule has 2 aliphatic rings. The molecule has 2 aromatic carbocycles. The van der Waals surface area contributed by atoms with Crippen LogP contribution in [0.3, 0.4) is 0 Å². The second-order valence-corrected chi connectivity index (χ2v) is 6.96. The Hall–Kier alpha value is -1.97. The third-order valence-corrected chi connectivity index (χ3v) is 5.24. The van der Waals surface area contributed by atoms with E-state index in [4.69, 9.17) is 11.6 Å². The van der Waals surface area contributed by atoms with Crippen LogP contribution in [0.15, 0.2) is 30.3 Å². The largest absolute Gasteiger partial charge is 0.379 e. The molecule has 0 fully saturated rings. The molecule has 0 saturated heterocycles. The Kier molecular flexibility index (Phi) is 2.79. The molecule has 2 aliphatic heterocycles. The third kappa shape index (κ3) is 1.87. The van der Waals surface area contributed by atoms with E-state index >= 15 is 0 Å². The number of anilines is 1. The lowest BCUT2D eigenvalue weighted by Gasteiger charge is -2.18. The van der Waals surface area contributed by atoms with Gasteiger partial charge in [0.2, 0.25) is 0 Å². The number of nitrogens with one attached hydrogen (secondary N) is 2. The van der Waals surface area contributed by atoms with Crippen molar-refractivity contribution in [2.45, 2.75) is 26.4 Å². The molecule has 116 valence electrons. The summed E-state index contributed by atoms with van der Waals surface area (Å²) in [6.45, 7) is 5.01. The third-order valence-electron chi connectivity index (χ3n) is 5.01. The maximum Gasteiger partial charge on any atom is 0.0691 e. The zero-order valence-corrected chi connectivity index (χ0v) is 13.8. The lowest BCUT2D eigenvalue weighted by atomic mass is 10.0. The van der Waals surface area contributed by atoms with Gasteiger partial charge >= 0.3 is 0 Å². The number of fused-ring (bicyclic) bond motifs is 5. The number of nitrogens with zero attached hydrogens (tertiary/aromatic N) is 1. The summed E-state index contributed by atoms with van der Waals surface area (Å²) in [5, 5.41) is 9.27. The first-order valence-electron chi connectivity index (χ1n) is 8.12. The van der Waals surface area contributed by atoms with Crippen LogP contribution in [0, 0.1) is 6.92 Å². The first kappa shape index (κ1) is 13.5. The van der Waals surface area contributed by atoms with Crippen LogP contribution in [0.1, 0.15) is 22.4 Å². The summed E-state index contributed by atoms with van der Waals surface area (Å²) in [5.74, 6) is 0. The Bertz CT molecular complexity index is 955. The topological polar surface area (TPSA) is 29.0 Å². The highest BCUT2D eigenvalue weighted by Gasteiger charge is 2.25. The number of hydrogen-bond acceptors (Lipinski definition) is 2. The van der Waals surface area contributed by atoms with Crippen molar-refractivity contribution in [2.75, 3.05) is 11.9 Å². The van der Waals surface area contributed by atoms with Crippen LogP contribution in [0.4, 0.5) is 5.69 Å². The van der Waals surface area contributed by atoms with Crippen LogP contribution in [-0.4, -0.2) is 11.1 Å². The van der Waals surface area contributed by atoms with Crippen molar-refractivity contribution in [3.63, 3.8) is 0 Å². The molecule has 1 aromatic heterocycles. The van der Waals surface area contributed by atoms with E-state index < -0.39 is 0 Å². The van der Waals surface area contributed by atoms with E-state index in [1.54, 1.807) is 0 Å².